The summed E-state index contributed by atoms with van der Waals surface area (Å²) in [6, 6.07) is 0. The predicted octanol–water partition coefficient (Wildman–Crippen LogP) is 1.06. The van der Waals surface area contributed by atoms with Gasteiger partial charge in [-0.05, 0) is 24.7 Å². The molecule has 21 heavy (non-hydrogen) atoms. The average Bonchev–Trinajstić information content (AvgIpc) is 2.42. The van der Waals surface area contributed by atoms with Gasteiger partial charge < -0.3 is 10.9 Å². The second-order valence-corrected chi connectivity index (χ2v) is 8.13. The fourth-order valence-electron chi connectivity index (χ4n) is 2.52. The van der Waals surface area contributed by atoms with Crippen molar-refractivity contribution >= 4 is 16.0 Å². The topological polar surface area (TPSA) is 99.2 Å². The number of piperidine rings is 1. The third-order valence-corrected chi connectivity index (χ3v) is 5.56. The van der Waals surface area contributed by atoms with Crippen molar-refractivity contribution in [3.8, 4) is 0 Å². The van der Waals surface area contributed by atoms with Crippen molar-refractivity contribution in [1.82, 2.24) is 8.61 Å². The highest BCUT2D eigenvalue weighted by Crippen LogP contribution is 2.21. The van der Waals surface area contributed by atoms with E-state index in [1.165, 1.54) is 4.31 Å². The molecule has 1 aliphatic heterocycles. The Morgan fingerprint density at radius 3 is 2.71 bits per heavy atom. The second-order valence-electron chi connectivity index (χ2n) is 6.21. The largest absolute Gasteiger partial charge is 0.409 e. The molecule has 1 unspecified atom stereocenters. The number of nitrogens with two attached hydrogens (primary N) is 1. The van der Waals surface area contributed by atoms with Crippen LogP contribution in [0.4, 0.5) is 0 Å². The maximum Gasteiger partial charge on any atom is 0.282 e. The van der Waals surface area contributed by atoms with Crippen LogP contribution in [0.2, 0.25) is 0 Å². The Kier molecular flexibility index (Phi) is 6.89. The normalized spacial score (nSPS) is 22.1. The standard InChI is InChI=1S/C13H28N4O3S/c1-11(2)9-17(8-6-13(14)15-18)21(19,20)16-7-4-5-12(3)10-16/h11-12,18H,4-10H2,1-3H3,(H2,14,15). The molecule has 0 aromatic rings. The molecule has 0 aliphatic carbocycles. The van der Waals surface area contributed by atoms with Crippen molar-refractivity contribution in [2.75, 3.05) is 26.2 Å². The van der Waals surface area contributed by atoms with E-state index in [9.17, 15) is 8.42 Å². The minimum absolute atomic E-state index is 0.0472. The Labute approximate surface area is 128 Å². The summed E-state index contributed by atoms with van der Waals surface area (Å²) in [5, 5.41) is 11.5. The maximum absolute atomic E-state index is 12.8. The van der Waals surface area contributed by atoms with E-state index in [2.05, 4.69) is 12.1 Å². The summed E-state index contributed by atoms with van der Waals surface area (Å²) in [5.41, 5.74) is 5.46. The highest BCUT2D eigenvalue weighted by atomic mass is 32.2. The zero-order valence-corrected chi connectivity index (χ0v) is 14.0. The zero-order valence-electron chi connectivity index (χ0n) is 13.2. The third-order valence-electron chi connectivity index (χ3n) is 3.59. The van der Waals surface area contributed by atoms with Gasteiger partial charge in [0, 0.05) is 32.6 Å². The summed E-state index contributed by atoms with van der Waals surface area (Å²) >= 11 is 0. The van der Waals surface area contributed by atoms with Crippen LogP contribution in [-0.4, -0.2) is 54.3 Å². The summed E-state index contributed by atoms with van der Waals surface area (Å²) < 4.78 is 28.6. The van der Waals surface area contributed by atoms with Gasteiger partial charge in [0.1, 0.15) is 5.84 Å². The number of hydrogen-bond acceptors (Lipinski definition) is 4. The summed E-state index contributed by atoms with van der Waals surface area (Å²) in [6.07, 6.45) is 2.20. The van der Waals surface area contributed by atoms with Gasteiger partial charge in [0.25, 0.3) is 10.2 Å². The third kappa shape index (κ3) is 5.44. The van der Waals surface area contributed by atoms with Crippen LogP contribution < -0.4 is 5.73 Å². The summed E-state index contributed by atoms with van der Waals surface area (Å²) in [4.78, 5) is 0. The lowest BCUT2D eigenvalue weighted by Gasteiger charge is -2.35. The van der Waals surface area contributed by atoms with Crippen molar-refractivity contribution in [3.63, 3.8) is 0 Å². The molecule has 1 fully saturated rings. The van der Waals surface area contributed by atoms with Gasteiger partial charge >= 0.3 is 0 Å². The first kappa shape index (κ1) is 18.2. The van der Waals surface area contributed by atoms with E-state index in [1.807, 2.05) is 13.8 Å². The minimum Gasteiger partial charge on any atom is -0.409 e. The first-order chi connectivity index (χ1) is 9.77. The molecule has 0 bridgehead atoms. The fraction of sp³-hybridized carbons (Fsp3) is 0.923. The monoisotopic (exact) mass is 320 g/mol. The number of oxime groups is 1. The molecule has 1 rings (SSSR count). The van der Waals surface area contributed by atoms with Crippen LogP contribution >= 0.6 is 0 Å². The number of hydrogen-bond donors (Lipinski definition) is 2. The van der Waals surface area contributed by atoms with Gasteiger partial charge in [-0.3, -0.25) is 0 Å². The van der Waals surface area contributed by atoms with Gasteiger partial charge in [-0.1, -0.05) is 25.9 Å². The molecule has 0 aromatic carbocycles. The van der Waals surface area contributed by atoms with Crippen LogP contribution in [-0.2, 0) is 10.2 Å². The molecular formula is C13H28N4O3S. The Morgan fingerprint density at radius 2 is 2.19 bits per heavy atom. The van der Waals surface area contributed by atoms with Gasteiger partial charge in [0.15, 0.2) is 0 Å². The van der Waals surface area contributed by atoms with Crippen molar-refractivity contribution in [1.29, 1.82) is 0 Å². The molecule has 124 valence electrons. The van der Waals surface area contributed by atoms with Crippen LogP contribution in [0.15, 0.2) is 5.16 Å². The van der Waals surface area contributed by atoms with Crippen LogP contribution in [0.5, 0.6) is 0 Å². The molecule has 0 radical (unpaired) electrons. The average molecular weight is 320 g/mol. The Hall–Kier alpha value is -0.860. The first-order valence-corrected chi connectivity index (χ1v) is 8.88. The smallest absolute Gasteiger partial charge is 0.282 e. The molecule has 1 aliphatic rings. The SMILES string of the molecule is CC(C)CN(CCC(N)=NO)S(=O)(=O)N1CCCC(C)C1. The first-order valence-electron chi connectivity index (χ1n) is 7.49. The van der Waals surface area contributed by atoms with Crippen LogP contribution in [0.25, 0.3) is 0 Å². The van der Waals surface area contributed by atoms with Crippen molar-refractivity contribution in [2.24, 2.45) is 22.7 Å². The lowest BCUT2D eigenvalue weighted by Crippen LogP contribution is -2.49. The number of amidine groups is 1. The van der Waals surface area contributed by atoms with Gasteiger partial charge in [-0.15, -0.1) is 0 Å². The Morgan fingerprint density at radius 1 is 1.52 bits per heavy atom. The lowest BCUT2D eigenvalue weighted by atomic mass is 10.0. The highest BCUT2D eigenvalue weighted by molar-refractivity contribution is 7.86. The van der Waals surface area contributed by atoms with E-state index >= 15 is 0 Å². The van der Waals surface area contributed by atoms with E-state index in [0.29, 0.717) is 25.6 Å². The van der Waals surface area contributed by atoms with E-state index in [0.717, 1.165) is 12.8 Å². The molecule has 1 saturated heterocycles. The van der Waals surface area contributed by atoms with Crippen LogP contribution in [0.1, 0.15) is 40.0 Å². The van der Waals surface area contributed by atoms with E-state index in [1.54, 1.807) is 4.31 Å². The quantitative estimate of drug-likeness (QED) is 0.317. The van der Waals surface area contributed by atoms with Gasteiger partial charge in [-0.2, -0.15) is 17.0 Å². The molecule has 7 nitrogen and oxygen atoms in total. The fourth-order valence-corrected chi connectivity index (χ4v) is 4.45. The second kappa shape index (κ2) is 7.95. The Bertz CT molecular complexity index is 450. The molecule has 1 atom stereocenters. The molecule has 0 spiro atoms. The summed E-state index contributed by atoms with van der Waals surface area (Å²) in [7, 11) is -3.48. The molecule has 0 amide bonds. The van der Waals surface area contributed by atoms with Gasteiger partial charge in [-0.25, -0.2) is 0 Å². The highest BCUT2D eigenvalue weighted by Gasteiger charge is 2.32. The summed E-state index contributed by atoms with van der Waals surface area (Å²) in [6.45, 7) is 7.85. The number of nitrogens with zero attached hydrogens (tertiary/aromatic N) is 3. The number of rotatable bonds is 7. The minimum atomic E-state index is -3.48. The van der Waals surface area contributed by atoms with Crippen LogP contribution in [0, 0.1) is 11.8 Å². The van der Waals surface area contributed by atoms with Gasteiger partial charge in [0.05, 0.1) is 0 Å². The van der Waals surface area contributed by atoms with E-state index < -0.39 is 10.2 Å². The lowest BCUT2D eigenvalue weighted by molar-refractivity contribution is 0.252. The van der Waals surface area contributed by atoms with Crippen molar-refractivity contribution < 1.29 is 13.6 Å². The zero-order chi connectivity index (χ0) is 16.0. The molecule has 3 N–H and O–H groups in total. The molecule has 0 saturated carbocycles. The predicted molar refractivity (Wildman–Crippen MR) is 83.3 cm³/mol. The van der Waals surface area contributed by atoms with Crippen molar-refractivity contribution in [2.45, 2.75) is 40.0 Å². The van der Waals surface area contributed by atoms with E-state index in [-0.39, 0.29) is 24.7 Å². The molecule has 0 aromatic heterocycles. The maximum atomic E-state index is 12.8. The van der Waals surface area contributed by atoms with Crippen LogP contribution in [0.3, 0.4) is 0 Å². The Balaban J connectivity index is 2.83. The van der Waals surface area contributed by atoms with Crippen molar-refractivity contribution in [3.05, 3.63) is 0 Å². The molecule has 1 heterocycles. The molecular weight excluding hydrogens is 292 g/mol. The van der Waals surface area contributed by atoms with E-state index in [4.69, 9.17) is 10.9 Å². The summed E-state index contributed by atoms with van der Waals surface area (Å²) in [5.74, 6) is 0.652. The molecule has 8 heteroatoms. The van der Waals surface area contributed by atoms with Gasteiger partial charge in [0.2, 0.25) is 0 Å².